The maximum Gasteiger partial charge on any atom is 0.0227 e. The first-order valence-electron chi connectivity index (χ1n) is 12.9. The van der Waals surface area contributed by atoms with Crippen molar-refractivity contribution in [2.75, 3.05) is 0 Å². The molecule has 0 aromatic carbocycles. The van der Waals surface area contributed by atoms with Crippen LogP contribution in [0.1, 0.15) is 89.9 Å². The van der Waals surface area contributed by atoms with Crippen molar-refractivity contribution in [3.05, 3.63) is 0 Å². The van der Waals surface area contributed by atoms with Gasteiger partial charge in [-0.05, 0) is 76.0 Å². The summed E-state index contributed by atoms with van der Waals surface area (Å²) in [5.41, 5.74) is 0. The molecule has 10 unspecified atom stereocenters. The highest BCUT2D eigenvalue weighted by Crippen LogP contribution is 2.41. The molecule has 2 aliphatic heterocycles. The van der Waals surface area contributed by atoms with Crippen molar-refractivity contribution < 1.29 is 0 Å². The van der Waals surface area contributed by atoms with Crippen LogP contribution in [-0.2, 0) is 0 Å². The molecule has 6 aliphatic rings. The molecule has 0 aromatic rings. The molecule has 4 heteroatoms. The highest BCUT2D eigenvalue weighted by molar-refractivity contribution is 5.05. The maximum absolute atomic E-state index is 4.13. The van der Waals surface area contributed by atoms with Gasteiger partial charge in [-0.25, -0.2) is 0 Å². The van der Waals surface area contributed by atoms with Crippen LogP contribution in [0, 0.1) is 11.8 Å². The van der Waals surface area contributed by atoms with E-state index in [-0.39, 0.29) is 0 Å². The van der Waals surface area contributed by atoms with Gasteiger partial charge in [0.25, 0.3) is 0 Å². The summed E-state index contributed by atoms with van der Waals surface area (Å²) in [4.78, 5) is 0. The summed E-state index contributed by atoms with van der Waals surface area (Å²) < 4.78 is 0. The van der Waals surface area contributed by atoms with Crippen LogP contribution in [-0.4, -0.2) is 48.3 Å². The Morgan fingerprint density at radius 3 is 1.04 bits per heavy atom. The minimum atomic E-state index is 0.746. The highest BCUT2D eigenvalue weighted by atomic mass is 15.2. The molecule has 10 atom stereocenters. The van der Waals surface area contributed by atoms with E-state index in [4.69, 9.17) is 0 Å². The highest BCUT2D eigenvalue weighted by Gasteiger charge is 2.45. The van der Waals surface area contributed by atoms with Crippen LogP contribution >= 0.6 is 0 Å². The maximum atomic E-state index is 4.13. The predicted molar refractivity (Wildman–Crippen MR) is 114 cm³/mol. The number of hydrogen-bond acceptors (Lipinski definition) is 4. The predicted octanol–water partition coefficient (Wildman–Crippen LogP) is 3.07. The lowest BCUT2D eigenvalue weighted by atomic mass is 9.67. The van der Waals surface area contributed by atoms with E-state index in [1.807, 2.05) is 0 Å². The Kier molecular flexibility index (Phi) is 5.20. The quantitative estimate of drug-likeness (QED) is 0.559. The third-order valence-electron chi connectivity index (χ3n) is 9.69. The van der Waals surface area contributed by atoms with Gasteiger partial charge in [0.2, 0.25) is 0 Å². The second-order valence-electron chi connectivity index (χ2n) is 11.2. The van der Waals surface area contributed by atoms with Gasteiger partial charge in [-0.2, -0.15) is 0 Å². The van der Waals surface area contributed by atoms with Gasteiger partial charge < -0.3 is 21.3 Å². The summed E-state index contributed by atoms with van der Waals surface area (Å²) in [6.07, 6.45) is 20.0. The smallest absolute Gasteiger partial charge is 0.0227 e. The normalized spacial score (nSPS) is 54.0. The largest absolute Gasteiger partial charge is 0.308 e. The molecule has 0 spiro atoms. The lowest BCUT2D eigenvalue weighted by molar-refractivity contribution is 0.0595. The van der Waals surface area contributed by atoms with E-state index in [2.05, 4.69) is 21.3 Å². The van der Waals surface area contributed by atoms with E-state index in [0.717, 1.165) is 60.2 Å². The van der Waals surface area contributed by atoms with Gasteiger partial charge in [0.1, 0.15) is 0 Å². The SMILES string of the molecule is C1CCC2NC3CC(C4CCC5NC6CCCCC6NC5C4)CCC3NC2C1. The van der Waals surface area contributed by atoms with Gasteiger partial charge in [0.05, 0.1) is 0 Å². The zero-order valence-corrected chi connectivity index (χ0v) is 17.7. The van der Waals surface area contributed by atoms with Crippen LogP contribution < -0.4 is 21.3 Å². The van der Waals surface area contributed by atoms with E-state index < -0.39 is 0 Å². The van der Waals surface area contributed by atoms with Crippen molar-refractivity contribution in [1.29, 1.82) is 0 Å². The van der Waals surface area contributed by atoms with Gasteiger partial charge in [0, 0.05) is 48.3 Å². The van der Waals surface area contributed by atoms with E-state index in [1.165, 1.54) is 89.9 Å². The molecular formula is C24H42N4. The average molecular weight is 387 g/mol. The zero-order chi connectivity index (χ0) is 18.5. The molecule has 0 radical (unpaired) electrons. The van der Waals surface area contributed by atoms with Gasteiger partial charge in [-0.3, -0.25) is 0 Å². The molecule has 4 N–H and O–H groups in total. The van der Waals surface area contributed by atoms with Crippen LogP contribution in [0.2, 0.25) is 0 Å². The van der Waals surface area contributed by atoms with Crippen molar-refractivity contribution in [3.8, 4) is 0 Å². The molecule has 4 aliphatic carbocycles. The Bertz CT molecular complexity index is 505. The lowest BCUT2D eigenvalue weighted by Crippen LogP contribution is -2.69. The van der Waals surface area contributed by atoms with Crippen LogP contribution in [0.15, 0.2) is 0 Å². The van der Waals surface area contributed by atoms with Crippen LogP contribution in [0.25, 0.3) is 0 Å². The Labute approximate surface area is 171 Å². The molecule has 158 valence electrons. The minimum absolute atomic E-state index is 0.746. The number of rotatable bonds is 1. The number of piperazine rings is 2. The summed E-state index contributed by atoms with van der Waals surface area (Å²) >= 11 is 0. The molecule has 4 nitrogen and oxygen atoms in total. The van der Waals surface area contributed by atoms with Crippen LogP contribution in [0.3, 0.4) is 0 Å². The van der Waals surface area contributed by atoms with Crippen LogP contribution in [0.4, 0.5) is 0 Å². The van der Waals surface area contributed by atoms with Crippen molar-refractivity contribution in [2.45, 2.75) is 138 Å². The van der Waals surface area contributed by atoms with E-state index in [1.54, 1.807) is 0 Å². The Morgan fingerprint density at radius 1 is 0.321 bits per heavy atom. The number of fused-ring (bicyclic) bond motifs is 4. The summed E-state index contributed by atoms with van der Waals surface area (Å²) in [6, 6.07) is 6.06. The van der Waals surface area contributed by atoms with Crippen molar-refractivity contribution in [3.63, 3.8) is 0 Å². The van der Waals surface area contributed by atoms with Gasteiger partial charge in [0.15, 0.2) is 0 Å². The second-order valence-corrected chi connectivity index (χ2v) is 11.2. The fraction of sp³-hybridized carbons (Fsp3) is 1.00. The van der Waals surface area contributed by atoms with E-state index in [0.29, 0.717) is 0 Å². The molecule has 4 saturated carbocycles. The molecule has 0 amide bonds. The first kappa shape index (κ1) is 18.6. The van der Waals surface area contributed by atoms with Crippen molar-refractivity contribution >= 4 is 0 Å². The third-order valence-corrected chi connectivity index (χ3v) is 9.69. The summed E-state index contributed by atoms with van der Waals surface area (Å²) in [5, 5.41) is 16.4. The number of nitrogens with one attached hydrogen (secondary N) is 4. The molecule has 6 fully saturated rings. The second kappa shape index (κ2) is 7.83. The van der Waals surface area contributed by atoms with Crippen molar-refractivity contribution in [2.24, 2.45) is 11.8 Å². The summed E-state index contributed by atoms with van der Waals surface area (Å²) in [5.74, 6) is 1.92. The molecule has 2 heterocycles. The van der Waals surface area contributed by atoms with Gasteiger partial charge in [-0.15, -0.1) is 0 Å². The zero-order valence-electron chi connectivity index (χ0n) is 17.7. The fourth-order valence-corrected chi connectivity index (χ4v) is 8.19. The standard InChI is InChI=1S/C24H42N4/c1-3-7-19-17(5-1)25-21-11-9-15(13-23(21)27-19)16-10-12-22-24(14-16)28-20-8-4-2-6-18(20)26-22/h15-28H,1-14H2. The average Bonchev–Trinajstić information content (AvgIpc) is 2.75. The first-order valence-corrected chi connectivity index (χ1v) is 12.9. The molecule has 0 aromatic heterocycles. The molecule has 6 rings (SSSR count). The number of hydrogen-bond donors (Lipinski definition) is 4. The summed E-state index contributed by atoms with van der Waals surface area (Å²) in [7, 11) is 0. The van der Waals surface area contributed by atoms with E-state index in [9.17, 15) is 0 Å². The van der Waals surface area contributed by atoms with E-state index >= 15 is 0 Å². The van der Waals surface area contributed by atoms with Crippen LogP contribution in [0.5, 0.6) is 0 Å². The van der Waals surface area contributed by atoms with Gasteiger partial charge >= 0.3 is 0 Å². The Balaban J connectivity index is 1.07. The Hall–Kier alpha value is -0.160. The fourth-order valence-electron chi connectivity index (χ4n) is 8.19. The molecule has 0 bridgehead atoms. The molecule has 2 saturated heterocycles. The monoisotopic (exact) mass is 386 g/mol. The molecular weight excluding hydrogens is 344 g/mol. The third kappa shape index (κ3) is 3.46. The first-order chi connectivity index (χ1) is 13.8. The minimum Gasteiger partial charge on any atom is -0.308 e. The molecule has 28 heavy (non-hydrogen) atoms. The van der Waals surface area contributed by atoms with Crippen molar-refractivity contribution in [1.82, 2.24) is 21.3 Å². The summed E-state index contributed by atoms with van der Waals surface area (Å²) in [6.45, 7) is 0. The lowest BCUT2D eigenvalue weighted by Gasteiger charge is -2.53. The topological polar surface area (TPSA) is 48.1 Å². The Morgan fingerprint density at radius 2 is 0.643 bits per heavy atom. The van der Waals surface area contributed by atoms with Gasteiger partial charge in [-0.1, -0.05) is 25.7 Å².